The predicted molar refractivity (Wildman–Crippen MR) is 103 cm³/mol. The Bertz CT molecular complexity index is 1150. The molecule has 0 bridgehead atoms. The van der Waals surface area contributed by atoms with Crippen LogP contribution in [0.1, 0.15) is 27.8 Å². The van der Waals surface area contributed by atoms with Crippen LogP contribution in [0.4, 0.5) is 5.00 Å². The molecule has 0 spiro atoms. The van der Waals surface area contributed by atoms with Gasteiger partial charge in [0.25, 0.3) is 17.4 Å². The number of aromatic nitrogens is 2. The van der Waals surface area contributed by atoms with Crippen LogP contribution < -0.4 is 16.6 Å². The minimum Gasteiger partial charge on any atom is -0.448 e. The van der Waals surface area contributed by atoms with Crippen molar-refractivity contribution in [2.45, 2.75) is 13.0 Å². The van der Waals surface area contributed by atoms with Gasteiger partial charge in [0, 0.05) is 12.4 Å². The quantitative estimate of drug-likeness (QED) is 0.620. The Balaban J connectivity index is 1.81. The van der Waals surface area contributed by atoms with E-state index < -0.39 is 23.9 Å². The fourth-order valence-electron chi connectivity index (χ4n) is 2.53. The first kappa shape index (κ1) is 19.2. The number of nitrogens with one attached hydrogen (secondary N) is 1. The Morgan fingerprint density at radius 2 is 1.89 bits per heavy atom. The third kappa shape index (κ3) is 3.62. The topological polar surface area (TPSA) is 133 Å². The molecule has 0 aliphatic heterocycles. The number of primary amides is 1. The molecular formula is C18H16N4O5S. The van der Waals surface area contributed by atoms with E-state index in [0.29, 0.717) is 10.8 Å². The number of benzene rings is 1. The number of ether oxygens (including phenoxy) is 1. The first-order chi connectivity index (χ1) is 13.3. The molecule has 10 heteroatoms. The molecular weight excluding hydrogens is 384 g/mol. The summed E-state index contributed by atoms with van der Waals surface area (Å²) in [7, 11) is 1.42. The molecule has 2 aromatic heterocycles. The SMILES string of the molecule is C[C@@H](OC(=O)c1nn(C)c(=O)c2ccccc12)C(=O)Nc1sccc1C(N)=O. The third-order valence-electron chi connectivity index (χ3n) is 3.97. The van der Waals surface area contributed by atoms with Crippen LogP contribution >= 0.6 is 11.3 Å². The fraction of sp³-hybridized carbons (Fsp3) is 0.167. The molecule has 1 atom stereocenters. The number of nitrogens with zero attached hydrogens (tertiary/aromatic N) is 2. The molecule has 0 saturated carbocycles. The lowest BCUT2D eigenvalue weighted by atomic mass is 10.1. The summed E-state index contributed by atoms with van der Waals surface area (Å²) >= 11 is 1.12. The summed E-state index contributed by atoms with van der Waals surface area (Å²) in [4.78, 5) is 48.4. The number of thiophene rings is 1. The summed E-state index contributed by atoms with van der Waals surface area (Å²) in [5.74, 6) is -2.16. The van der Waals surface area contributed by atoms with Crippen molar-refractivity contribution < 1.29 is 19.1 Å². The fourth-order valence-corrected chi connectivity index (χ4v) is 3.33. The number of hydrogen-bond donors (Lipinski definition) is 2. The van der Waals surface area contributed by atoms with Crippen LogP contribution in [0.3, 0.4) is 0 Å². The van der Waals surface area contributed by atoms with Crippen molar-refractivity contribution in [1.29, 1.82) is 0 Å². The van der Waals surface area contributed by atoms with E-state index in [2.05, 4.69) is 10.4 Å². The molecule has 0 aliphatic carbocycles. The molecule has 28 heavy (non-hydrogen) atoms. The van der Waals surface area contributed by atoms with E-state index in [1.807, 2.05) is 0 Å². The molecule has 9 nitrogen and oxygen atoms in total. The van der Waals surface area contributed by atoms with Gasteiger partial charge in [0.05, 0.1) is 10.9 Å². The van der Waals surface area contributed by atoms with Gasteiger partial charge in [-0.15, -0.1) is 11.3 Å². The Morgan fingerprint density at radius 3 is 2.57 bits per heavy atom. The molecule has 0 aliphatic rings. The number of carbonyl (C=O) groups is 3. The van der Waals surface area contributed by atoms with Crippen molar-refractivity contribution >= 4 is 44.9 Å². The van der Waals surface area contributed by atoms with E-state index in [-0.39, 0.29) is 21.8 Å². The summed E-state index contributed by atoms with van der Waals surface area (Å²) in [5, 5.41) is 9.00. The first-order valence-electron chi connectivity index (χ1n) is 8.14. The second-order valence-corrected chi connectivity index (χ2v) is 6.80. The predicted octanol–water partition coefficient (Wildman–Crippen LogP) is 1.28. The van der Waals surface area contributed by atoms with E-state index in [1.165, 1.54) is 20.0 Å². The molecule has 0 fully saturated rings. The smallest absolute Gasteiger partial charge is 0.360 e. The summed E-state index contributed by atoms with van der Waals surface area (Å²) in [5.41, 5.74) is 4.98. The highest BCUT2D eigenvalue weighted by molar-refractivity contribution is 7.14. The summed E-state index contributed by atoms with van der Waals surface area (Å²) in [6, 6.07) is 7.98. The lowest BCUT2D eigenvalue weighted by molar-refractivity contribution is -0.123. The van der Waals surface area contributed by atoms with Crippen LogP contribution in [0.15, 0.2) is 40.5 Å². The Hall–Kier alpha value is -3.53. The summed E-state index contributed by atoms with van der Waals surface area (Å²) < 4.78 is 6.25. The zero-order valence-corrected chi connectivity index (χ0v) is 15.8. The molecule has 0 saturated heterocycles. The van der Waals surface area contributed by atoms with Gasteiger partial charge in [-0.2, -0.15) is 5.10 Å². The van der Waals surface area contributed by atoms with E-state index in [4.69, 9.17) is 10.5 Å². The molecule has 0 radical (unpaired) electrons. The van der Waals surface area contributed by atoms with Crippen LogP contribution in [0.2, 0.25) is 0 Å². The maximum absolute atomic E-state index is 12.6. The average molecular weight is 400 g/mol. The zero-order valence-electron chi connectivity index (χ0n) is 15.0. The second-order valence-electron chi connectivity index (χ2n) is 5.89. The minimum absolute atomic E-state index is 0.0775. The number of esters is 1. The number of aryl methyl sites for hydroxylation is 1. The van der Waals surface area contributed by atoms with Crippen molar-refractivity contribution in [3.63, 3.8) is 0 Å². The molecule has 2 heterocycles. The van der Waals surface area contributed by atoms with E-state index >= 15 is 0 Å². The van der Waals surface area contributed by atoms with Gasteiger partial charge in [-0.3, -0.25) is 14.4 Å². The van der Waals surface area contributed by atoms with Gasteiger partial charge < -0.3 is 15.8 Å². The number of rotatable bonds is 5. The largest absolute Gasteiger partial charge is 0.448 e. The highest BCUT2D eigenvalue weighted by Crippen LogP contribution is 2.23. The Kier molecular flexibility index (Phi) is 5.23. The van der Waals surface area contributed by atoms with Crippen molar-refractivity contribution in [2.75, 3.05) is 5.32 Å². The van der Waals surface area contributed by atoms with Crippen molar-refractivity contribution in [2.24, 2.45) is 12.8 Å². The van der Waals surface area contributed by atoms with Crippen molar-refractivity contribution in [3.05, 3.63) is 57.3 Å². The molecule has 1 aromatic carbocycles. The number of fused-ring (bicyclic) bond motifs is 1. The molecule has 0 unspecified atom stereocenters. The summed E-state index contributed by atoms with van der Waals surface area (Å²) in [6.45, 7) is 1.38. The maximum atomic E-state index is 12.6. The lowest BCUT2D eigenvalue weighted by Gasteiger charge is -2.14. The monoisotopic (exact) mass is 400 g/mol. The van der Waals surface area contributed by atoms with Gasteiger partial charge >= 0.3 is 5.97 Å². The summed E-state index contributed by atoms with van der Waals surface area (Å²) in [6.07, 6.45) is -1.17. The van der Waals surface area contributed by atoms with Gasteiger partial charge in [-0.05, 0) is 24.4 Å². The van der Waals surface area contributed by atoms with Gasteiger partial charge in [0.15, 0.2) is 11.8 Å². The zero-order chi connectivity index (χ0) is 20.4. The van der Waals surface area contributed by atoms with E-state index in [9.17, 15) is 19.2 Å². The lowest BCUT2D eigenvalue weighted by Crippen LogP contribution is -2.31. The van der Waals surface area contributed by atoms with Crippen LogP contribution in [-0.2, 0) is 16.6 Å². The van der Waals surface area contributed by atoms with E-state index in [1.54, 1.807) is 29.6 Å². The van der Waals surface area contributed by atoms with E-state index in [0.717, 1.165) is 16.0 Å². The maximum Gasteiger partial charge on any atom is 0.360 e. The number of amides is 2. The molecule has 2 amide bonds. The minimum atomic E-state index is -1.17. The second kappa shape index (κ2) is 7.61. The third-order valence-corrected chi connectivity index (χ3v) is 4.80. The van der Waals surface area contributed by atoms with Crippen LogP contribution in [0, 0.1) is 0 Å². The van der Waals surface area contributed by atoms with Crippen molar-refractivity contribution in [3.8, 4) is 0 Å². The van der Waals surface area contributed by atoms with Crippen LogP contribution in [0.5, 0.6) is 0 Å². The number of carbonyl (C=O) groups excluding carboxylic acids is 3. The number of hydrogen-bond acceptors (Lipinski definition) is 7. The van der Waals surface area contributed by atoms with Gasteiger partial charge in [0.1, 0.15) is 5.00 Å². The van der Waals surface area contributed by atoms with Gasteiger partial charge in [0.2, 0.25) is 0 Å². The van der Waals surface area contributed by atoms with Crippen LogP contribution in [0.25, 0.3) is 10.8 Å². The standard InChI is InChI=1S/C18H16N4O5S/c1-9(15(24)20-16-12(14(19)23)7-8-28-16)27-18(26)13-10-5-3-4-6-11(10)17(25)22(2)21-13/h3-9H,1-2H3,(H2,19,23)(H,20,24)/t9-/m1/s1. The van der Waals surface area contributed by atoms with Gasteiger partial charge in [-0.1, -0.05) is 18.2 Å². The molecule has 3 N–H and O–H groups in total. The van der Waals surface area contributed by atoms with Gasteiger partial charge in [-0.25, -0.2) is 9.48 Å². The first-order valence-corrected chi connectivity index (χ1v) is 9.02. The van der Waals surface area contributed by atoms with Crippen molar-refractivity contribution in [1.82, 2.24) is 9.78 Å². The Morgan fingerprint density at radius 1 is 1.21 bits per heavy atom. The van der Waals surface area contributed by atoms with Crippen LogP contribution in [-0.4, -0.2) is 33.7 Å². The molecule has 3 aromatic rings. The highest BCUT2D eigenvalue weighted by atomic mass is 32.1. The highest BCUT2D eigenvalue weighted by Gasteiger charge is 2.24. The molecule has 3 rings (SSSR count). The normalized spacial score (nSPS) is 11.8. The Labute approximate surface area is 162 Å². The number of anilines is 1. The molecule has 144 valence electrons. The number of nitrogens with two attached hydrogens (primary N) is 1. The average Bonchev–Trinajstić information content (AvgIpc) is 3.13.